The Kier molecular flexibility index (Phi) is 5.26. The topological polar surface area (TPSA) is 57.2 Å². The third-order valence-electron chi connectivity index (χ3n) is 5.46. The lowest BCUT2D eigenvalue weighted by Gasteiger charge is -2.26. The average molecular weight is 488 g/mol. The van der Waals surface area contributed by atoms with Gasteiger partial charge in [-0.1, -0.05) is 76.6 Å². The Morgan fingerprint density at radius 2 is 1.65 bits per heavy atom. The van der Waals surface area contributed by atoms with Gasteiger partial charge >= 0.3 is 0 Å². The Labute approximate surface area is 193 Å². The molecule has 2 N–H and O–H groups in total. The van der Waals surface area contributed by atoms with Crippen molar-refractivity contribution in [3.8, 4) is 11.1 Å². The van der Waals surface area contributed by atoms with Crippen LogP contribution in [-0.2, 0) is 0 Å². The minimum atomic E-state index is -0.163. The summed E-state index contributed by atoms with van der Waals surface area (Å²) in [6, 6.07) is 25.9. The third kappa shape index (κ3) is 3.84. The number of benzene rings is 3. The van der Waals surface area contributed by atoms with Crippen LogP contribution >= 0.6 is 28.1 Å². The van der Waals surface area contributed by atoms with Crippen molar-refractivity contribution in [2.45, 2.75) is 12.5 Å². The molecule has 5 rings (SSSR count). The fraction of sp³-hybridized carbons (Fsp3) is 0.0800. The van der Waals surface area contributed by atoms with Gasteiger partial charge in [-0.25, -0.2) is 4.99 Å². The largest absolute Gasteiger partial charge is 0.354 e. The summed E-state index contributed by atoms with van der Waals surface area (Å²) in [7, 11) is 0. The Bertz CT molecular complexity index is 1380. The predicted octanol–water partition coefficient (Wildman–Crippen LogP) is 5.77. The van der Waals surface area contributed by atoms with Crippen LogP contribution in [-0.4, -0.2) is 15.8 Å². The van der Waals surface area contributed by atoms with Gasteiger partial charge in [-0.2, -0.15) is 0 Å². The van der Waals surface area contributed by atoms with Crippen LogP contribution in [0.5, 0.6) is 0 Å². The highest BCUT2D eigenvalue weighted by Crippen LogP contribution is 2.34. The smallest absolute Gasteiger partial charge is 0.258 e. The van der Waals surface area contributed by atoms with Crippen LogP contribution in [0.3, 0.4) is 0 Å². The molecule has 3 aromatic carbocycles. The van der Waals surface area contributed by atoms with E-state index in [-0.39, 0.29) is 11.6 Å². The summed E-state index contributed by atoms with van der Waals surface area (Å²) in [5, 5.41) is 4.63. The van der Waals surface area contributed by atoms with Gasteiger partial charge in [0.1, 0.15) is 0 Å². The lowest BCUT2D eigenvalue weighted by molar-refractivity contribution is 0.664. The second-order valence-electron chi connectivity index (χ2n) is 7.44. The van der Waals surface area contributed by atoms with E-state index >= 15 is 0 Å². The molecular weight excluding hydrogens is 470 g/mol. The van der Waals surface area contributed by atoms with Gasteiger partial charge in [0, 0.05) is 27.4 Å². The van der Waals surface area contributed by atoms with Crippen molar-refractivity contribution in [1.29, 1.82) is 0 Å². The average Bonchev–Trinajstić information content (AvgIpc) is 2.79. The minimum absolute atomic E-state index is 0.0394. The highest BCUT2D eigenvalue weighted by Gasteiger charge is 2.26. The summed E-state index contributed by atoms with van der Waals surface area (Å²) in [6.07, 6.45) is 0.562. The second-order valence-corrected chi connectivity index (χ2v) is 8.74. The normalized spacial score (nSPS) is 16.1. The number of H-pyrrole nitrogens is 1. The summed E-state index contributed by atoms with van der Waals surface area (Å²) >= 11 is 9.04. The van der Waals surface area contributed by atoms with Crippen LogP contribution in [0.4, 0.5) is 0 Å². The van der Waals surface area contributed by atoms with Crippen LogP contribution in [0.2, 0.25) is 0 Å². The van der Waals surface area contributed by atoms with Gasteiger partial charge in [0.15, 0.2) is 5.11 Å². The van der Waals surface area contributed by atoms with Crippen LogP contribution in [0.25, 0.3) is 22.0 Å². The van der Waals surface area contributed by atoms with Crippen molar-refractivity contribution < 1.29 is 0 Å². The molecule has 0 aliphatic carbocycles. The summed E-state index contributed by atoms with van der Waals surface area (Å²) in [4.78, 5) is 21.0. The molecule has 1 aliphatic rings. The van der Waals surface area contributed by atoms with E-state index < -0.39 is 0 Å². The SMILES string of the molecule is O=c1[nH]c2ccc(Br)cc2c(-c2ccccc2)c1C1=NC(=S)N[C@@H](c2ccccc2)C1. The van der Waals surface area contributed by atoms with Crippen molar-refractivity contribution in [3.63, 3.8) is 0 Å². The van der Waals surface area contributed by atoms with Gasteiger partial charge < -0.3 is 10.3 Å². The highest BCUT2D eigenvalue weighted by molar-refractivity contribution is 9.10. The number of pyridine rings is 1. The molecule has 1 aliphatic heterocycles. The lowest BCUT2D eigenvalue weighted by Crippen LogP contribution is -2.35. The molecule has 0 fully saturated rings. The zero-order valence-electron chi connectivity index (χ0n) is 16.4. The van der Waals surface area contributed by atoms with Crippen molar-refractivity contribution in [2.24, 2.45) is 4.99 Å². The Morgan fingerprint density at radius 3 is 2.39 bits per heavy atom. The summed E-state index contributed by atoms with van der Waals surface area (Å²) in [5.74, 6) is 0. The summed E-state index contributed by atoms with van der Waals surface area (Å²) < 4.78 is 0.945. The van der Waals surface area contributed by atoms with Crippen LogP contribution < -0.4 is 10.9 Å². The maximum atomic E-state index is 13.3. The van der Waals surface area contributed by atoms with E-state index in [2.05, 4.69) is 43.4 Å². The van der Waals surface area contributed by atoms with Gasteiger partial charge in [-0.05, 0) is 41.5 Å². The lowest BCUT2D eigenvalue weighted by atomic mass is 9.89. The van der Waals surface area contributed by atoms with Crippen LogP contribution in [0.1, 0.15) is 23.6 Å². The molecular formula is C25H18BrN3OS. The van der Waals surface area contributed by atoms with Gasteiger partial charge in [0.05, 0.1) is 17.3 Å². The first-order valence-corrected chi connectivity index (χ1v) is 11.1. The number of aromatic amines is 1. The monoisotopic (exact) mass is 487 g/mol. The second kappa shape index (κ2) is 8.21. The van der Waals surface area contributed by atoms with Crippen LogP contribution in [0, 0.1) is 0 Å². The molecule has 0 saturated carbocycles. The number of nitrogens with zero attached hydrogens (tertiary/aromatic N) is 1. The number of hydrogen-bond acceptors (Lipinski definition) is 2. The van der Waals surface area contributed by atoms with E-state index in [9.17, 15) is 4.79 Å². The van der Waals surface area contributed by atoms with Crippen LogP contribution in [0.15, 0.2) is 93.1 Å². The van der Waals surface area contributed by atoms with Crippen molar-refractivity contribution >= 4 is 49.9 Å². The van der Waals surface area contributed by atoms with Gasteiger partial charge in [-0.3, -0.25) is 4.79 Å². The van der Waals surface area contributed by atoms with E-state index in [1.165, 1.54) is 0 Å². The number of aliphatic imine (C=N–C) groups is 1. The molecule has 0 unspecified atom stereocenters. The molecule has 31 heavy (non-hydrogen) atoms. The molecule has 4 aromatic rings. The highest BCUT2D eigenvalue weighted by atomic mass is 79.9. The molecule has 0 amide bonds. The molecule has 0 spiro atoms. The number of nitrogens with one attached hydrogen (secondary N) is 2. The number of halogens is 1. The zero-order valence-corrected chi connectivity index (χ0v) is 18.8. The number of hydrogen-bond donors (Lipinski definition) is 2. The van der Waals surface area contributed by atoms with Gasteiger partial charge in [0.2, 0.25) is 0 Å². The van der Waals surface area contributed by atoms with Crippen molar-refractivity contribution in [2.75, 3.05) is 0 Å². The predicted molar refractivity (Wildman–Crippen MR) is 134 cm³/mol. The molecule has 0 radical (unpaired) electrons. The molecule has 0 saturated heterocycles. The fourth-order valence-corrected chi connectivity index (χ4v) is 4.70. The number of fused-ring (bicyclic) bond motifs is 1. The Balaban J connectivity index is 1.75. The maximum absolute atomic E-state index is 13.3. The van der Waals surface area contributed by atoms with E-state index in [4.69, 9.17) is 12.2 Å². The first-order valence-electron chi connectivity index (χ1n) is 9.94. The maximum Gasteiger partial charge on any atom is 0.258 e. The molecule has 4 nitrogen and oxygen atoms in total. The standard InChI is InChI=1S/C25H18BrN3OS/c26-17-11-12-19-18(13-17)22(16-9-5-2-6-10-16)23(24(30)27-19)21-14-20(28-25(31)29-21)15-7-3-1-4-8-15/h1-13,20H,14H2,(H,27,30)(H,28,31)/t20-/m1/s1. The zero-order chi connectivity index (χ0) is 21.4. The molecule has 1 aromatic heterocycles. The fourth-order valence-electron chi connectivity index (χ4n) is 4.08. The van der Waals surface area contributed by atoms with E-state index in [0.717, 1.165) is 32.1 Å². The van der Waals surface area contributed by atoms with Gasteiger partial charge in [0.25, 0.3) is 5.56 Å². The number of aromatic nitrogens is 1. The number of rotatable bonds is 3. The molecule has 2 heterocycles. The van der Waals surface area contributed by atoms with Crippen molar-refractivity contribution in [3.05, 3.63) is 105 Å². The first kappa shape index (κ1) is 19.8. The van der Waals surface area contributed by atoms with E-state index in [0.29, 0.717) is 22.8 Å². The Morgan fingerprint density at radius 1 is 0.935 bits per heavy atom. The molecule has 0 bridgehead atoms. The van der Waals surface area contributed by atoms with E-state index in [1.54, 1.807) is 0 Å². The molecule has 1 atom stereocenters. The van der Waals surface area contributed by atoms with Crippen molar-refractivity contribution in [1.82, 2.24) is 10.3 Å². The first-order chi connectivity index (χ1) is 15.1. The third-order valence-corrected chi connectivity index (χ3v) is 6.16. The molecule has 152 valence electrons. The van der Waals surface area contributed by atoms with E-state index in [1.807, 2.05) is 66.7 Å². The summed E-state index contributed by atoms with van der Waals surface area (Å²) in [5.41, 5.74) is 4.84. The minimum Gasteiger partial charge on any atom is -0.354 e. The summed E-state index contributed by atoms with van der Waals surface area (Å²) in [6.45, 7) is 0. The quantitative estimate of drug-likeness (QED) is 0.360. The number of thiocarbonyl (C=S) groups is 1. The molecule has 6 heteroatoms. The Hall–Kier alpha value is -3.09. The van der Waals surface area contributed by atoms with Gasteiger partial charge in [-0.15, -0.1) is 0 Å².